The SMILES string of the molecule is CC(C)(C)OC(=O)n1cc(Br)c2c(C=NNc3nc(-c4ccccc4)c(C#N)c(=O)[nH]3)cccc21. The zero-order valence-corrected chi connectivity index (χ0v) is 20.8. The first kappa shape index (κ1) is 23.9. The number of H-pyrrole nitrogens is 1. The normalized spacial score (nSPS) is 11.5. The lowest BCUT2D eigenvalue weighted by Gasteiger charge is -2.19. The van der Waals surface area contributed by atoms with Gasteiger partial charge < -0.3 is 4.74 Å². The first-order valence-corrected chi connectivity index (χ1v) is 11.4. The summed E-state index contributed by atoms with van der Waals surface area (Å²) in [6.07, 6.45) is 2.70. The first-order valence-electron chi connectivity index (χ1n) is 10.6. The highest BCUT2D eigenvalue weighted by atomic mass is 79.9. The monoisotopic (exact) mass is 532 g/mol. The van der Waals surface area contributed by atoms with Gasteiger partial charge >= 0.3 is 6.09 Å². The van der Waals surface area contributed by atoms with Gasteiger partial charge in [-0.05, 0) is 42.8 Å². The van der Waals surface area contributed by atoms with Gasteiger partial charge in [0.05, 0.1) is 17.4 Å². The number of halogens is 1. The van der Waals surface area contributed by atoms with Crippen molar-refractivity contribution >= 4 is 45.1 Å². The van der Waals surface area contributed by atoms with E-state index >= 15 is 0 Å². The van der Waals surface area contributed by atoms with Crippen LogP contribution in [0.25, 0.3) is 22.2 Å². The van der Waals surface area contributed by atoms with Crippen molar-refractivity contribution in [3.05, 3.63) is 80.7 Å². The molecule has 9 nitrogen and oxygen atoms in total. The summed E-state index contributed by atoms with van der Waals surface area (Å²) in [6.45, 7) is 5.42. The summed E-state index contributed by atoms with van der Waals surface area (Å²) in [6, 6.07) is 16.3. The number of rotatable bonds is 4. The fourth-order valence-electron chi connectivity index (χ4n) is 3.43. The second kappa shape index (κ2) is 9.56. The Labute approximate surface area is 209 Å². The third-order valence-electron chi connectivity index (χ3n) is 4.86. The van der Waals surface area contributed by atoms with E-state index in [2.05, 4.69) is 36.4 Å². The highest BCUT2D eigenvalue weighted by Gasteiger charge is 2.21. The molecule has 0 fully saturated rings. The van der Waals surface area contributed by atoms with Crippen LogP contribution in [0, 0.1) is 11.3 Å². The molecule has 0 spiro atoms. The van der Waals surface area contributed by atoms with Gasteiger partial charge in [0.15, 0.2) is 0 Å². The maximum Gasteiger partial charge on any atom is 0.419 e. The van der Waals surface area contributed by atoms with Gasteiger partial charge in [0.25, 0.3) is 5.56 Å². The van der Waals surface area contributed by atoms with Crippen LogP contribution in [-0.2, 0) is 4.74 Å². The Balaban J connectivity index is 1.66. The number of benzene rings is 2. The van der Waals surface area contributed by atoms with Gasteiger partial charge in [-0.2, -0.15) is 10.4 Å². The molecule has 176 valence electrons. The van der Waals surface area contributed by atoms with E-state index in [1.54, 1.807) is 69.6 Å². The Morgan fingerprint density at radius 1 is 1.23 bits per heavy atom. The molecule has 35 heavy (non-hydrogen) atoms. The second-order valence-corrected chi connectivity index (χ2v) is 9.41. The minimum Gasteiger partial charge on any atom is -0.443 e. The minimum atomic E-state index is -0.632. The van der Waals surface area contributed by atoms with Crippen molar-refractivity contribution in [1.29, 1.82) is 5.26 Å². The predicted octanol–water partition coefficient (Wildman–Crippen LogP) is 5.25. The van der Waals surface area contributed by atoms with Crippen LogP contribution < -0.4 is 11.0 Å². The van der Waals surface area contributed by atoms with E-state index in [0.29, 0.717) is 21.1 Å². The Morgan fingerprint density at radius 3 is 2.66 bits per heavy atom. The maximum atomic E-state index is 12.6. The van der Waals surface area contributed by atoms with Crippen molar-refractivity contribution in [3.8, 4) is 17.3 Å². The molecule has 0 atom stereocenters. The molecule has 0 saturated carbocycles. The molecule has 2 N–H and O–H groups in total. The van der Waals surface area contributed by atoms with Gasteiger partial charge in [-0.1, -0.05) is 42.5 Å². The lowest BCUT2D eigenvalue weighted by molar-refractivity contribution is 0.0544. The van der Waals surface area contributed by atoms with E-state index in [1.165, 1.54) is 4.57 Å². The maximum absolute atomic E-state index is 12.6. The molecule has 0 radical (unpaired) electrons. The van der Waals surface area contributed by atoms with Crippen LogP contribution in [0.1, 0.15) is 31.9 Å². The molecule has 0 amide bonds. The smallest absolute Gasteiger partial charge is 0.419 e. The van der Waals surface area contributed by atoms with E-state index < -0.39 is 17.3 Å². The van der Waals surface area contributed by atoms with Crippen molar-refractivity contribution in [2.75, 3.05) is 5.43 Å². The number of fused-ring (bicyclic) bond motifs is 1. The van der Waals surface area contributed by atoms with Crippen LogP contribution >= 0.6 is 15.9 Å². The van der Waals surface area contributed by atoms with Gasteiger partial charge in [-0.25, -0.2) is 15.2 Å². The third kappa shape index (κ3) is 5.15. The topological polar surface area (TPSA) is 125 Å². The van der Waals surface area contributed by atoms with E-state index in [1.807, 2.05) is 18.2 Å². The molecular weight excluding hydrogens is 512 g/mol. The van der Waals surface area contributed by atoms with Crippen LogP contribution in [0.2, 0.25) is 0 Å². The lowest BCUT2D eigenvalue weighted by Crippen LogP contribution is -2.26. The molecule has 2 aromatic carbocycles. The number of hydrogen-bond acceptors (Lipinski definition) is 7. The largest absolute Gasteiger partial charge is 0.443 e. The predicted molar refractivity (Wildman–Crippen MR) is 137 cm³/mol. The lowest BCUT2D eigenvalue weighted by atomic mass is 10.1. The summed E-state index contributed by atoms with van der Waals surface area (Å²) >= 11 is 3.51. The minimum absolute atomic E-state index is 0.0806. The van der Waals surface area contributed by atoms with Gasteiger partial charge in [-0.3, -0.25) is 14.3 Å². The van der Waals surface area contributed by atoms with Crippen molar-refractivity contribution in [3.63, 3.8) is 0 Å². The molecule has 4 aromatic rings. The first-order chi connectivity index (χ1) is 16.7. The van der Waals surface area contributed by atoms with E-state index in [-0.39, 0.29) is 17.2 Å². The second-order valence-electron chi connectivity index (χ2n) is 8.55. The molecule has 2 aromatic heterocycles. The summed E-state index contributed by atoms with van der Waals surface area (Å²) < 4.78 is 7.62. The zero-order chi connectivity index (χ0) is 25.2. The highest BCUT2D eigenvalue weighted by molar-refractivity contribution is 9.10. The Bertz CT molecular complexity index is 1540. The van der Waals surface area contributed by atoms with E-state index in [0.717, 1.165) is 5.39 Å². The van der Waals surface area contributed by atoms with Crippen molar-refractivity contribution in [1.82, 2.24) is 14.5 Å². The number of anilines is 1. The average Bonchev–Trinajstić information content (AvgIpc) is 3.16. The third-order valence-corrected chi connectivity index (χ3v) is 5.46. The number of nitrogens with zero attached hydrogens (tertiary/aromatic N) is 4. The molecule has 0 bridgehead atoms. The highest BCUT2D eigenvalue weighted by Crippen LogP contribution is 2.29. The van der Waals surface area contributed by atoms with Crippen LogP contribution in [-0.4, -0.2) is 32.4 Å². The van der Waals surface area contributed by atoms with Crippen molar-refractivity contribution in [2.45, 2.75) is 26.4 Å². The number of nitrogens with one attached hydrogen (secondary N) is 2. The number of carbonyl (C=O) groups is 1. The molecule has 10 heteroatoms. The zero-order valence-electron chi connectivity index (χ0n) is 19.2. The number of carbonyl (C=O) groups excluding carboxylic acids is 1. The summed E-state index contributed by atoms with van der Waals surface area (Å²) in [5.74, 6) is 0.0849. The molecule has 4 rings (SSSR count). The van der Waals surface area contributed by atoms with Crippen LogP contribution in [0.4, 0.5) is 10.7 Å². The van der Waals surface area contributed by atoms with Gasteiger partial charge in [0.1, 0.15) is 17.2 Å². The van der Waals surface area contributed by atoms with E-state index in [4.69, 9.17) is 4.74 Å². The molecule has 0 unspecified atom stereocenters. The Hall–Kier alpha value is -4.23. The standard InChI is InChI=1S/C25H21BrN6O3/c1-25(2,3)35-24(34)32-14-18(26)20-16(10-7-11-19(20)32)13-28-31-23-29-21(15-8-5-4-6-9-15)17(12-27)22(33)30-23/h4-11,13-14H,1-3H3,(H2,29,30,31,33). The molecule has 0 aliphatic carbocycles. The van der Waals surface area contributed by atoms with Crippen LogP contribution in [0.3, 0.4) is 0 Å². The summed E-state index contributed by atoms with van der Waals surface area (Å²) in [7, 11) is 0. The van der Waals surface area contributed by atoms with Crippen molar-refractivity contribution in [2.24, 2.45) is 5.10 Å². The van der Waals surface area contributed by atoms with Crippen LogP contribution in [0.5, 0.6) is 0 Å². The quantitative estimate of drug-likeness (QED) is 0.273. The summed E-state index contributed by atoms with van der Waals surface area (Å²) in [5, 5.41) is 14.4. The number of hydrazone groups is 1. The Kier molecular flexibility index (Phi) is 6.53. The van der Waals surface area contributed by atoms with Gasteiger partial charge in [0, 0.05) is 27.2 Å². The summed E-state index contributed by atoms with van der Waals surface area (Å²) in [5.41, 5.74) is 3.69. The Morgan fingerprint density at radius 2 is 1.97 bits per heavy atom. The van der Waals surface area contributed by atoms with Crippen molar-refractivity contribution < 1.29 is 9.53 Å². The average molecular weight is 533 g/mol. The fourth-order valence-corrected chi connectivity index (χ4v) is 4.07. The van der Waals surface area contributed by atoms with Gasteiger partial charge in [-0.15, -0.1) is 0 Å². The fraction of sp³-hybridized carbons (Fsp3) is 0.160. The van der Waals surface area contributed by atoms with Gasteiger partial charge in [0.2, 0.25) is 5.95 Å². The van der Waals surface area contributed by atoms with E-state index in [9.17, 15) is 14.9 Å². The number of aromatic amines is 1. The molecule has 0 saturated heterocycles. The number of ether oxygens (including phenoxy) is 1. The number of nitriles is 1. The molecule has 0 aliphatic rings. The molecule has 2 heterocycles. The number of aromatic nitrogens is 3. The molecular formula is C25H21BrN6O3. The van der Waals surface area contributed by atoms with Crippen LogP contribution in [0.15, 0.2) is 69.1 Å². The molecule has 0 aliphatic heterocycles. The summed E-state index contributed by atoms with van der Waals surface area (Å²) in [4.78, 5) is 32.0. The number of hydrogen-bond donors (Lipinski definition) is 2.